The third-order valence-corrected chi connectivity index (χ3v) is 4.15. The molecule has 0 saturated carbocycles. The Morgan fingerprint density at radius 2 is 2.05 bits per heavy atom. The summed E-state index contributed by atoms with van der Waals surface area (Å²) >= 11 is 0. The van der Waals surface area contributed by atoms with E-state index in [0.717, 1.165) is 17.0 Å². The van der Waals surface area contributed by atoms with Crippen LogP contribution in [0.1, 0.15) is 44.1 Å². The predicted octanol–water partition coefficient (Wildman–Crippen LogP) is 1.74. The normalized spacial score (nSPS) is 13.3. The van der Waals surface area contributed by atoms with E-state index in [2.05, 4.69) is 10.4 Å². The maximum atomic E-state index is 12.2. The Morgan fingerprint density at radius 3 is 2.52 bits per heavy atom. The van der Waals surface area contributed by atoms with Crippen molar-refractivity contribution in [3.63, 3.8) is 0 Å². The van der Waals surface area contributed by atoms with Crippen molar-refractivity contribution in [1.82, 2.24) is 15.1 Å². The van der Waals surface area contributed by atoms with Gasteiger partial charge in [-0.2, -0.15) is 5.10 Å². The highest BCUT2D eigenvalue weighted by molar-refractivity contribution is 5.78. The summed E-state index contributed by atoms with van der Waals surface area (Å²) in [4.78, 5) is 12.2. The Bertz CT molecular complexity index is 492. The van der Waals surface area contributed by atoms with E-state index < -0.39 is 0 Å². The van der Waals surface area contributed by atoms with Gasteiger partial charge in [-0.05, 0) is 37.7 Å². The second-order valence-electron chi connectivity index (χ2n) is 6.73. The molecule has 120 valence electrons. The first kappa shape index (κ1) is 17.7. The molecule has 1 aromatic heterocycles. The summed E-state index contributed by atoms with van der Waals surface area (Å²) < 4.78 is 1.86. The molecule has 0 aliphatic rings. The zero-order valence-electron chi connectivity index (χ0n) is 14.2. The lowest BCUT2D eigenvalue weighted by Gasteiger charge is -2.25. The van der Waals surface area contributed by atoms with Gasteiger partial charge >= 0.3 is 0 Å². The summed E-state index contributed by atoms with van der Waals surface area (Å²) in [7, 11) is 1.92. The minimum Gasteiger partial charge on any atom is -0.396 e. The van der Waals surface area contributed by atoms with Crippen LogP contribution in [0.25, 0.3) is 0 Å². The van der Waals surface area contributed by atoms with Crippen LogP contribution in [0.4, 0.5) is 0 Å². The van der Waals surface area contributed by atoms with Gasteiger partial charge in [-0.3, -0.25) is 9.48 Å². The van der Waals surface area contributed by atoms with Gasteiger partial charge in [0.15, 0.2) is 0 Å². The number of hydrogen-bond donors (Lipinski definition) is 2. The molecule has 1 atom stereocenters. The molecule has 5 heteroatoms. The highest BCUT2D eigenvalue weighted by Crippen LogP contribution is 2.20. The van der Waals surface area contributed by atoms with Gasteiger partial charge in [-0.15, -0.1) is 0 Å². The van der Waals surface area contributed by atoms with Crippen LogP contribution in [0.5, 0.6) is 0 Å². The van der Waals surface area contributed by atoms with Crippen molar-refractivity contribution in [3.05, 3.63) is 17.0 Å². The molecule has 2 N–H and O–H groups in total. The van der Waals surface area contributed by atoms with Crippen molar-refractivity contribution in [2.24, 2.45) is 18.4 Å². The van der Waals surface area contributed by atoms with Crippen LogP contribution < -0.4 is 5.32 Å². The molecular weight excluding hydrogens is 266 g/mol. The van der Waals surface area contributed by atoms with Crippen LogP contribution in [0, 0.1) is 25.2 Å². The Labute approximate surface area is 127 Å². The first-order valence-electron chi connectivity index (χ1n) is 7.55. The zero-order chi connectivity index (χ0) is 16.2. The number of rotatable bonds is 7. The molecule has 1 aromatic rings. The topological polar surface area (TPSA) is 67.2 Å². The van der Waals surface area contributed by atoms with E-state index in [1.807, 2.05) is 46.3 Å². The summed E-state index contributed by atoms with van der Waals surface area (Å²) in [5, 5.41) is 16.4. The molecule has 1 heterocycles. The average molecular weight is 295 g/mol. The molecule has 0 fully saturated rings. The van der Waals surface area contributed by atoms with Crippen LogP contribution in [0.15, 0.2) is 0 Å². The molecule has 1 rings (SSSR count). The van der Waals surface area contributed by atoms with E-state index in [-0.39, 0.29) is 23.8 Å². The maximum Gasteiger partial charge on any atom is 0.223 e. The van der Waals surface area contributed by atoms with E-state index in [4.69, 9.17) is 5.11 Å². The number of aliphatic hydroxyl groups is 1. The van der Waals surface area contributed by atoms with Crippen LogP contribution >= 0.6 is 0 Å². The largest absolute Gasteiger partial charge is 0.396 e. The number of aliphatic hydroxyl groups excluding tert-OH is 1. The summed E-state index contributed by atoms with van der Waals surface area (Å²) in [6.45, 7) is 10.8. The van der Waals surface area contributed by atoms with Gasteiger partial charge in [0, 0.05) is 31.8 Å². The minimum absolute atomic E-state index is 0.0590. The second kappa shape index (κ2) is 7.07. The smallest absolute Gasteiger partial charge is 0.223 e. The summed E-state index contributed by atoms with van der Waals surface area (Å²) in [6, 6.07) is 0. The standard InChI is InChI=1S/C16H29N3O2/c1-11(9-14-12(2)18-19(6)13(14)3)15(21)17-10-16(4,5)7-8-20/h11,20H,7-10H2,1-6H3,(H,17,21). The van der Waals surface area contributed by atoms with Crippen LogP contribution in [0.3, 0.4) is 0 Å². The van der Waals surface area contributed by atoms with E-state index in [9.17, 15) is 4.79 Å². The van der Waals surface area contributed by atoms with Gasteiger partial charge < -0.3 is 10.4 Å². The SMILES string of the molecule is Cc1nn(C)c(C)c1CC(C)C(=O)NCC(C)(C)CCO. The lowest BCUT2D eigenvalue weighted by atomic mass is 9.89. The Balaban J connectivity index is 2.59. The number of nitrogens with one attached hydrogen (secondary N) is 1. The lowest BCUT2D eigenvalue weighted by molar-refractivity contribution is -0.125. The number of aryl methyl sites for hydroxylation is 2. The fourth-order valence-electron chi connectivity index (χ4n) is 2.40. The molecule has 5 nitrogen and oxygen atoms in total. The van der Waals surface area contributed by atoms with E-state index >= 15 is 0 Å². The number of aromatic nitrogens is 2. The first-order chi connectivity index (χ1) is 9.68. The highest BCUT2D eigenvalue weighted by atomic mass is 16.3. The van der Waals surface area contributed by atoms with Crippen molar-refractivity contribution in [1.29, 1.82) is 0 Å². The van der Waals surface area contributed by atoms with Crippen molar-refractivity contribution in [3.8, 4) is 0 Å². The number of carbonyl (C=O) groups is 1. The minimum atomic E-state index is -0.0865. The van der Waals surface area contributed by atoms with Gasteiger partial charge in [-0.1, -0.05) is 20.8 Å². The number of nitrogens with zero attached hydrogens (tertiary/aromatic N) is 2. The van der Waals surface area contributed by atoms with Gasteiger partial charge in [0.05, 0.1) is 5.69 Å². The van der Waals surface area contributed by atoms with E-state index in [0.29, 0.717) is 19.4 Å². The monoisotopic (exact) mass is 295 g/mol. The van der Waals surface area contributed by atoms with Crippen molar-refractivity contribution in [2.45, 2.75) is 47.5 Å². The molecule has 0 aliphatic heterocycles. The van der Waals surface area contributed by atoms with Gasteiger partial charge in [0.1, 0.15) is 0 Å². The second-order valence-corrected chi connectivity index (χ2v) is 6.73. The molecule has 0 bridgehead atoms. The summed E-state index contributed by atoms with van der Waals surface area (Å²) in [6.07, 6.45) is 1.39. The third-order valence-electron chi connectivity index (χ3n) is 4.15. The zero-order valence-corrected chi connectivity index (χ0v) is 14.2. The van der Waals surface area contributed by atoms with Gasteiger partial charge in [-0.25, -0.2) is 0 Å². The van der Waals surface area contributed by atoms with Crippen molar-refractivity contribution in [2.75, 3.05) is 13.2 Å². The van der Waals surface area contributed by atoms with Crippen molar-refractivity contribution >= 4 is 5.91 Å². The Kier molecular flexibility index (Phi) is 5.96. The maximum absolute atomic E-state index is 12.2. The fraction of sp³-hybridized carbons (Fsp3) is 0.750. The quantitative estimate of drug-likeness (QED) is 0.805. The Hall–Kier alpha value is -1.36. The summed E-state index contributed by atoms with van der Waals surface area (Å²) in [5.74, 6) is -0.0276. The van der Waals surface area contributed by atoms with Crippen LogP contribution in [0.2, 0.25) is 0 Å². The number of amides is 1. The van der Waals surface area contributed by atoms with Gasteiger partial charge in [0.2, 0.25) is 5.91 Å². The highest BCUT2D eigenvalue weighted by Gasteiger charge is 2.22. The molecule has 0 spiro atoms. The summed E-state index contributed by atoms with van der Waals surface area (Å²) in [5.41, 5.74) is 3.20. The number of hydrogen-bond acceptors (Lipinski definition) is 3. The fourth-order valence-corrected chi connectivity index (χ4v) is 2.40. The van der Waals surface area contributed by atoms with E-state index in [1.165, 1.54) is 0 Å². The molecule has 21 heavy (non-hydrogen) atoms. The lowest BCUT2D eigenvalue weighted by Crippen LogP contribution is -2.38. The third kappa shape index (κ3) is 4.84. The van der Waals surface area contributed by atoms with Crippen molar-refractivity contribution < 1.29 is 9.90 Å². The van der Waals surface area contributed by atoms with Crippen LogP contribution in [-0.4, -0.2) is 33.9 Å². The molecule has 0 radical (unpaired) electrons. The molecule has 1 amide bonds. The average Bonchev–Trinajstić information content (AvgIpc) is 2.62. The molecular formula is C16H29N3O2. The number of carbonyl (C=O) groups excluding carboxylic acids is 1. The predicted molar refractivity (Wildman–Crippen MR) is 84.0 cm³/mol. The molecule has 0 aliphatic carbocycles. The Morgan fingerprint density at radius 1 is 1.43 bits per heavy atom. The van der Waals surface area contributed by atoms with Crippen LogP contribution in [-0.2, 0) is 18.3 Å². The van der Waals surface area contributed by atoms with Gasteiger partial charge in [0.25, 0.3) is 0 Å². The first-order valence-corrected chi connectivity index (χ1v) is 7.55. The molecule has 0 aromatic carbocycles. The molecule has 0 saturated heterocycles. The van der Waals surface area contributed by atoms with E-state index in [1.54, 1.807) is 0 Å². The molecule has 1 unspecified atom stereocenters.